The van der Waals surface area contributed by atoms with Crippen molar-refractivity contribution in [3.8, 4) is 0 Å². The summed E-state index contributed by atoms with van der Waals surface area (Å²) < 4.78 is 29.7. The molecule has 2 aromatic carbocycles. The van der Waals surface area contributed by atoms with E-state index >= 15 is 0 Å². The molecular weight excluding hydrogens is 462 g/mol. The van der Waals surface area contributed by atoms with Gasteiger partial charge in [0.25, 0.3) is 11.5 Å². The van der Waals surface area contributed by atoms with Gasteiger partial charge in [-0.3, -0.25) is 9.59 Å². The Hall–Kier alpha value is -3.23. The minimum Gasteiger partial charge on any atom is -0.322 e. The second-order valence-electron chi connectivity index (χ2n) is 9.10. The first-order chi connectivity index (χ1) is 16.8. The number of carbonyl (C=O) groups is 1. The first kappa shape index (κ1) is 24.9. The summed E-state index contributed by atoms with van der Waals surface area (Å²) >= 11 is 0. The van der Waals surface area contributed by atoms with E-state index in [1.807, 2.05) is 31.2 Å². The zero-order valence-corrected chi connectivity index (χ0v) is 21.0. The Kier molecular flexibility index (Phi) is 7.52. The zero-order valence-electron chi connectivity index (χ0n) is 20.2. The third-order valence-corrected chi connectivity index (χ3v) is 8.37. The number of carbonyl (C=O) groups excluding carboxylic acids is 1. The summed E-state index contributed by atoms with van der Waals surface area (Å²) in [6, 6.07) is 15.8. The molecule has 184 valence electrons. The second kappa shape index (κ2) is 10.6. The minimum atomic E-state index is -3.68. The highest BCUT2D eigenvalue weighted by molar-refractivity contribution is 7.89. The average molecular weight is 494 g/mol. The van der Waals surface area contributed by atoms with Crippen LogP contribution >= 0.6 is 0 Å². The molecular formula is C27H31N3O4S. The van der Waals surface area contributed by atoms with Crippen molar-refractivity contribution in [2.24, 2.45) is 0 Å². The molecule has 0 unspecified atom stereocenters. The highest BCUT2D eigenvalue weighted by atomic mass is 32.2. The molecule has 1 amide bonds. The molecule has 1 N–H and O–H groups in total. The van der Waals surface area contributed by atoms with Crippen LogP contribution in [0.25, 0.3) is 0 Å². The summed E-state index contributed by atoms with van der Waals surface area (Å²) in [6.45, 7) is 5.09. The molecule has 0 atom stereocenters. The summed E-state index contributed by atoms with van der Waals surface area (Å²) in [4.78, 5) is 26.2. The van der Waals surface area contributed by atoms with Crippen LogP contribution in [0.5, 0.6) is 0 Å². The number of rotatable bonds is 6. The Balaban J connectivity index is 1.57. The van der Waals surface area contributed by atoms with Gasteiger partial charge in [-0.2, -0.15) is 4.31 Å². The molecule has 0 aliphatic carbocycles. The number of amides is 1. The van der Waals surface area contributed by atoms with Gasteiger partial charge >= 0.3 is 0 Å². The molecule has 0 bridgehead atoms. The summed E-state index contributed by atoms with van der Waals surface area (Å²) in [5, 5.41) is 2.72. The number of anilines is 1. The molecule has 4 rings (SSSR count). The van der Waals surface area contributed by atoms with Gasteiger partial charge in [0.15, 0.2) is 0 Å². The Morgan fingerprint density at radius 2 is 1.69 bits per heavy atom. The highest BCUT2D eigenvalue weighted by Gasteiger charge is 2.27. The van der Waals surface area contributed by atoms with Crippen LogP contribution in [-0.4, -0.2) is 36.3 Å². The zero-order chi connectivity index (χ0) is 25.0. The normalized spacial score (nSPS) is 14.9. The number of hydrogen-bond donors (Lipinski definition) is 1. The van der Waals surface area contributed by atoms with Gasteiger partial charge in [-0.25, -0.2) is 8.42 Å². The fourth-order valence-electron chi connectivity index (χ4n) is 4.42. The molecule has 1 aliphatic rings. The lowest BCUT2D eigenvalue weighted by molar-refractivity contribution is 0.102. The van der Waals surface area contributed by atoms with Crippen molar-refractivity contribution in [3.63, 3.8) is 0 Å². The van der Waals surface area contributed by atoms with E-state index in [0.29, 0.717) is 30.9 Å². The van der Waals surface area contributed by atoms with Crippen molar-refractivity contribution in [1.29, 1.82) is 0 Å². The highest BCUT2D eigenvalue weighted by Crippen LogP contribution is 2.26. The predicted molar refractivity (Wildman–Crippen MR) is 137 cm³/mol. The molecule has 1 aliphatic heterocycles. The van der Waals surface area contributed by atoms with E-state index in [1.54, 1.807) is 31.3 Å². The fourth-order valence-corrected chi connectivity index (χ4v) is 6.18. The van der Waals surface area contributed by atoms with Crippen LogP contribution in [0, 0.1) is 13.8 Å². The maximum absolute atomic E-state index is 13.3. The largest absolute Gasteiger partial charge is 0.322 e. The Morgan fingerprint density at radius 3 is 2.40 bits per heavy atom. The summed E-state index contributed by atoms with van der Waals surface area (Å²) in [6.07, 6.45) is 5.40. The van der Waals surface area contributed by atoms with E-state index in [1.165, 1.54) is 21.0 Å². The standard InChI is InChI=1S/C27H31N3O4S/c1-20-9-7-10-22(17-20)19-29-14-8-11-24(27(29)32)26(31)28-23-13-12-21(2)25(18-23)35(33,34)30-15-5-3-4-6-16-30/h7-14,17-18H,3-6,15-16,19H2,1-2H3,(H,28,31). The van der Waals surface area contributed by atoms with Crippen LogP contribution in [0.1, 0.15) is 52.7 Å². The number of nitrogens with zero attached hydrogens (tertiary/aromatic N) is 2. The Morgan fingerprint density at radius 1 is 0.943 bits per heavy atom. The van der Waals surface area contributed by atoms with Crippen molar-refractivity contribution < 1.29 is 13.2 Å². The van der Waals surface area contributed by atoms with Gasteiger partial charge in [0.1, 0.15) is 5.56 Å². The van der Waals surface area contributed by atoms with E-state index in [4.69, 9.17) is 0 Å². The maximum Gasteiger partial charge on any atom is 0.263 e. The molecule has 1 aromatic heterocycles. The molecule has 0 saturated carbocycles. The Labute approximate surface area is 206 Å². The van der Waals surface area contributed by atoms with E-state index in [2.05, 4.69) is 5.32 Å². The van der Waals surface area contributed by atoms with E-state index in [0.717, 1.165) is 36.8 Å². The molecule has 0 radical (unpaired) electrons. The molecule has 0 spiro atoms. The number of pyridine rings is 1. The number of aryl methyl sites for hydroxylation is 2. The quantitative estimate of drug-likeness (QED) is 0.554. The first-order valence-corrected chi connectivity index (χ1v) is 13.4. The number of sulfonamides is 1. The Bertz CT molecular complexity index is 1390. The smallest absolute Gasteiger partial charge is 0.263 e. The summed E-state index contributed by atoms with van der Waals surface area (Å²) in [5.41, 5.74) is 2.60. The molecule has 35 heavy (non-hydrogen) atoms. The van der Waals surface area contributed by atoms with E-state index in [-0.39, 0.29) is 10.5 Å². The van der Waals surface area contributed by atoms with Gasteiger partial charge in [-0.05, 0) is 62.1 Å². The van der Waals surface area contributed by atoms with Gasteiger partial charge in [0.05, 0.1) is 11.4 Å². The number of nitrogens with one attached hydrogen (secondary N) is 1. The van der Waals surface area contributed by atoms with Gasteiger partial charge in [-0.15, -0.1) is 0 Å². The molecule has 8 heteroatoms. The molecule has 7 nitrogen and oxygen atoms in total. The molecule has 2 heterocycles. The van der Waals surface area contributed by atoms with Crippen molar-refractivity contribution in [3.05, 3.63) is 93.4 Å². The summed E-state index contributed by atoms with van der Waals surface area (Å²) in [7, 11) is -3.68. The van der Waals surface area contributed by atoms with Crippen LogP contribution in [0.4, 0.5) is 5.69 Å². The molecule has 1 saturated heterocycles. The third-order valence-electron chi connectivity index (χ3n) is 6.33. The van der Waals surface area contributed by atoms with Gasteiger partial charge in [0.2, 0.25) is 10.0 Å². The minimum absolute atomic E-state index is 0.00217. The number of aromatic nitrogens is 1. The van der Waals surface area contributed by atoms with Crippen LogP contribution in [0.15, 0.2) is 70.5 Å². The molecule has 1 fully saturated rings. The van der Waals surface area contributed by atoms with Crippen molar-refractivity contribution in [2.75, 3.05) is 18.4 Å². The van der Waals surface area contributed by atoms with Gasteiger partial charge in [-0.1, -0.05) is 48.7 Å². The fraction of sp³-hybridized carbons (Fsp3) is 0.333. The maximum atomic E-state index is 13.3. The topological polar surface area (TPSA) is 88.5 Å². The lowest BCUT2D eigenvalue weighted by Crippen LogP contribution is -2.32. The van der Waals surface area contributed by atoms with Crippen LogP contribution in [0.2, 0.25) is 0 Å². The predicted octanol–water partition coefficient (Wildman–Crippen LogP) is 4.33. The molecule has 3 aromatic rings. The van der Waals surface area contributed by atoms with Crippen molar-refractivity contribution in [1.82, 2.24) is 8.87 Å². The monoisotopic (exact) mass is 493 g/mol. The van der Waals surface area contributed by atoms with Crippen LogP contribution < -0.4 is 10.9 Å². The lowest BCUT2D eigenvalue weighted by atomic mass is 10.1. The summed E-state index contributed by atoms with van der Waals surface area (Å²) in [5.74, 6) is -0.574. The van der Waals surface area contributed by atoms with Crippen molar-refractivity contribution >= 4 is 21.6 Å². The number of benzene rings is 2. The average Bonchev–Trinajstić information content (AvgIpc) is 3.12. The first-order valence-electron chi connectivity index (χ1n) is 11.9. The lowest BCUT2D eigenvalue weighted by Gasteiger charge is -2.21. The van der Waals surface area contributed by atoms with Crippen LogP contribution in [0.3, 0.4) is 0 Å². The van der Waals surface area contributed by atoms with Gasteiger partial charge in [0, 0.05) is 25.0 Å². The van der Waals surface area contributed by atoms with Crippen LogP contribution in [-0.2, 0) is 16.6 Å². The van der Waals surface area contributed by atoms with Crippen molar-refractivity contribution in [2.45, 2.75) is 51.0 Å². The number of hydrogen-bond acceptors (Lipinski definition) is 4. The van der Waals surface area contributed by atoms with E-state index in [9.17, 15) is 18.0 Å². The SMILES string of the molecule is Cc1cccc(Cn2cccc(C(=O)Nc3ccc(C)c(S(=O)(=O)N4CCCCCC4)c3)c2=O)c1. The third kappa shape index (κ3) is 5.71. The van der Waals surface area contributed by atoms with Gasteiger partial charge < -0.3 is 9.88 Å². The second-order valence-corrected chi connectivity index (χ2v) is 11.0. The van der Waals surface area contributed by atoms with E-state index < -0.39 is 21.5 Å².